The van der Waals surface area contributed by atoms with Crippen LogP contribution in [-0.4, -0.2) is 64.2 Å². The zero-order valence-electron chi connectivity index (χ0n) is 21.1. The zero-order chi connectivity index (χ0) is 25.4. The van der Waals surface area contributed by atoms with E-state index in [0.29, 0.717) is 23.8 Å². The van der Waals surface area contributed by atoms with E-state index in [1.807, 2.05) is 70.8 Å². The largest absolute Gasteiger partial charge is 0.497 e. The third-order valence-electron chi connectivity index (χ3n) is 7.13. The first-order valence-corrected chi connectivity index (χ1v) is 12.5. The molecule has 4 heterocycles. The van der Waals surface area contributed by atoms with Crippen molar-refractivity contribution in [2.75, 3.05) is 40.0 Å². The molecular weight excluding hydrogens is 468 g/mol. The maximum absolute atomic E-state index is 9.23. The van der Waals surface area contributed by atoms with Crippen molar-refractivity contribution in [3.8, 4) is 23.2 Å². The van der Waals surface area contributed by atoms with Crippen molar-refractivity contribution < 1.29 is 14.2 Å². The molecule has 2 aliphatic heterocycles. The number of morpholine rings is 1. The first-order chi connectivity index (χ1) is 18.1. The van der Waals surface area contributed by atoms with Crippen LogP contribution < -0.4 is 15.0 Å². The standard InChI is InChI=1S/C28H30N6O3/c1-19-23-24(20-8-10-22(35-2)11-9-20)25-26(29)33(13-12-32-14-16-36-17-15-32)18-30-27(25)37-28(23)34(31-19)21-6-4-3-5-7-21/h3-11,18,24,29H,12-17H2,1-2H3/t24-/m0/s1. The molecule has 2 aromatic carbocycles. The van der Waals surface area contributed by atoms with Crippen LogP contribution in [0, 0.1) is 12.3 Å². The number of benzene rings is 2. The molecule has 0 unspecified atom stereocenters. The predicted molar refractivity (Wildman–Crippen MR) is 138 cm³/mol. The van der Waals surface area contributed by atoms with Crippen LogP contribution in [0.3, 0.4) is 0 Å². The second-order valence-corrected chi connectivity index (χ2v) is 9.32. The summed E-state index contributed by atoms with van der Waals surface area (Å²) < 4.78 is 21.0. The number of nitrogens with one attached hydrogen (secondary N) is 1. The molecule has 4 aromatic rings. The van der Waals surface area contributed by atoms with Gasteiger partial charge in [-0.05, 0) is 36.8 Å². The van der Waals surface area contributed by atoms with Crippen LogP contribution in [0.2, 0.25) is 0 Å². The van der Waals surface area contributed by atoms with Gasteiger partial charge in [0.1, 0.15) is 17.6 Å². The van der Waals surface area contributed by atoms with E-state index in [-0.39, 0.29) is 5.92 Å². The van der Waals surface area contributed by atoms with E-state index in [1.54, 1.807) is 13.4 Å². The Balaban J connectivity index is 1.46. The van der Waals surface area contributed by atoms with E-state index in [1.165, 1.54) is 0 Å². The van der Waals surface area contributed by atoms with Crippen LogP contribution >= 0.6 is 0 Å². The molecular formula is C28H30N6O3. The molecule has 6 rings (SSSR count). The fourth-order valence-corrected chi connectivity index (χ4v) is 5.15. The fraction of sp³-hybridized carbons (Fsp3) is 0.321. The summed E-state index contributed by atoms with van der Waals surface area (Å²) in [7, 11) is 1.66. The lowest BCUT2D eigenvalue weighted by Crippen LogP contribution is -2.40. The van der Waals surface area contributed by atoms with Crippen molar-refractivity contribution in [2.24, 2.45) is 0 Å². The molecule has 37 heavy (non-hydrogen) atoms. The van der Waals surface area contributed by atoms with Crippen molar-refractivity contribution >= 4 is 0 Å². The molecule has 0 aliphatic carbocycles. The van der Waals surface area contributed by atoms with Gasteiger partial charge in [-0.25, -0.2) is 9.67 Å². The third kappa shape index (κ3) is 4.30. The number of rotatable bonds is 6. The Labute approximate surface area is 215 Å². The number of aryl methyl sites for hydroxylation is 1. The van der Waals surface area contributed by atoms with Crippen molar-refractivity contribution in [1.29, 1.82) is 5.41 Å². The number of hydrogen-bond donors (Lipinski definition) is 1. The van der Waals surface area contributed by atoms with Gasteiger partial charge in [-0.2, -0.15) is 5.10 Å². The average Bonchev–Trinajstić information content (AvgIpc) is 3.28. The SMILES string of the molecule is COc1ccc([C@H]2c3c(C)nn(-c4ccccc4)c3Oc3ncn(CCN4CCOCC4)c(=N)c32)cc1. The Morgan fingerprint density at radius 3 is 2.49 bits per heavy atom. The normalized spacial score (nSPS) is 17.1. The van der Waals surface area contributed by atoms with Gasteiger partial charge >= 0.3 is 0 Å². The number of fused-ring (bicyclic) bond motifs is 2. The molecule has 2 aromatic heterocycles. The van der Waals surface area contributed by atoms with Gasteiger partial charge in [0.25, 0.3) is 0 Å². The van der Waals surface area contributed by atoms with Gasteiger partial charge < -0.3 is 18.8 Å². The van der Waals surface area contributed by atoms with Crippen molar-refractivity contribution in [2.45, 2.75) is 19.4 Å². The van der Waals surface area contributed by atoms with Gasteiger partial charge in [0.15, 0.2) is 0 Å². The maximum Gasteiger partial charge on any atom is 0.230 e. The lowest BCUT2D eigenvalue weighted by Gasteiger charge is -2.29. The minimum Gasteiger partial charge on any atom is -0.497 e. The van der Waals surface area contributed by atoms with Crippen LogP contribution in [0.25, 0.3) is 5.69 Å². The summed E-state index contributed by atoms with van der Waals surface area (Å²) in [6, 6.07) is 17.9. The van der Waals surface area contributed by atoms with Crippen molar-refractivity contribution in [3.63, 3.8) is 0 Å². The number of methoxy groups -OCH3 is 1. The van der Waals surface area contributed by atoms with Crippen molar-refractivity contribution in [1.82, 2.24) is 24.2 Å². The first-order valence-electron chi connectivity index (χ1n) is 12.5. The second kappa shape index (κ2) is 9.84. The molecule has 9 heteroatoms. The molecule has 0 saturated carbocycles. The van der Waals surface area contributed by atoms with E-state index in [2.05, 4.69) is 4.90 Å². The topological polar surface area (TPSA) is 90.4 Å². The van der Waals surface area contributed by atoms with E-state index in [0.717, 1.165) is 66.7 Å². The monoisotopic (exact) mass is 498 g/mol. The molecule has 2 aliphatic rings. The summed E-state index contributed by atoms with van der Waals surface area (Å²) in [5.41, 5.74) is 4.89. The van der Waals surface area contributed by atoms with E-state index in [4.69, 9.17) is 24.3 Å². The Morgan fingerprint density at radius 1 is 1.00 bits per heavy atom. The molecule has 0 bridgehead atoms. The zero-order valence-corrected chi connectivity index (χ0v) is 21.1. The minimum atomic E-state index is -0.252. The van der Waals surface area contributed by atoms with Crippen LogP contribution in [-0.2, 0) is 11.3 Å². The number of nitrogens with zero attached hydrogens (tertiary/aromatic N) is 5. The van der Waals surface area contributed by atoms with Gasteiger partial charge in [0, 0.05) is 26.2 Å². The highest BCUT2D eigenvalue weighted by Crippen LogP contribution is 2.47. The summed E-state index contributed by atoms with van der Waals surface area (Å²) in [5, 5.41) is 14.1. The Bertz CT molecular complexity index is 1460. The molecule has 9 nitrogen and oxygen atoms in total. The van der Waals surface area contributed by atoms with Crippen molar-refractivity contribution in [3.05, 3.63) is 88.8 Å². The lowest BCUT2D eigenvalue weighted by molar-refractivity contribution is 0.0362. The molecule has 190 valence electrons. The minimum absolute atomic E-state index is 0.252. The average molecular weight is 499 g/mol. The van der Waals surface area contributed by atoms with Gasteiger partial charge in [-0.1, -0.05) is 30.3 Å². The number of para-hydroxylation sites is 1. The van der Waals surface area contributed by atoms with Gasteiger partial charge in [0.05, 0.1) is 48.7 Å². The summed E-state index contributed by atoms with van der Waals surface area (Å²) in [5.74, 6) is 1.61. The highest BCUT2D eigenvalue weighted by molar-refractivity contribution is 5.57. The fourth-order valence-electron chi connectivity index (χ4n) is 5.15. The Morgan fingerprint density at radius 2 is 1.76 bits per heavy atom. The maximum atomic E-state index is 9.23. The molecule has 0 spiro atoms. The van der Waals surface area contributed by atoms with E-state index in [9.17, 15) is 5.41 Å². The molecule has 1 N–H and O–H groups in total. The Hall–Kier alpha value is -3.95. The highest BCUT2D eigenvalue weighted by atomic mass is 16.5. The second-order valence-electron chi connectivity index (χ2n) is 9.32. The quantitative estimate of drug-likeness (QED) is 0.386. The number of hydrogen-bond acceptors (Lipinski definition) is 7. The molecule has 1 saturated heterocycles. The van der Waals surface area contributed by atoms with E-state index >= 15 is 0 Å². The predicted octanol–water partition coefficient (Wildman–Crippen LogP) is 3.48. The van der Waals surface area contributed by atoms with Gasteiger partial charge in [0.2, 0.25) is 11.8 Å². The molecule has 1 atom stereocenters. The summed E-state index contributed by atoms with van der Waals surface area (Å²) in [4.78, 5) is 7.07. The van der Waals surface area contributed by atoms with Crippen LogP contribution in [0.15, 0.2) is 60.9 Å². The highest BCUT2D eigenvalue weighted by Gasteiger charge is 2.37. The van der Waals surface area contributed by atoms with Crippen LogP contribution in [0.4, 0.5) is 0 Å². The molecule has 0 radical (unpaired) electrons. The van der Waals surface area contributed by atoms with E-state index < -0.39 is 0 Å². The van der Waals surface area contributed by atoms with Crippen LogP contribution in [0.1, 0.15) is 28.3 Å². The first kappa shape index (κ1) is 23.4. The van der Waals surface area contributed by atoms with Gasteiger partial charge in [-0.3, -0.25) is 10.3 Å². The smallest absolute Gasteiger partial charge is 0.230 e. The lowest BCUT2D eigenvalue weighted by atomic mass is 9.84. The Kier molecular flexibility index (Phi) is 6.23. The number of aromatic nitrogens is 4. The molecule has 0 amide bonds. The summed E-state index contributed by atoms with van der Waals surface area (Å²) in [6.07, 6.45) is 1.72. The van der Waals surface area contributed by atoms with Gasteiger partial charge in [-0.15, -0.1) is 0 Å². The summed E-state index contributed by atoms with van der Waals surface area (Å²) in [6.45, 7) is 6.82. The van der Waals surface area contributed by atoms with Crippen LogP contribution in [0.5, 0.6) is 17.5 Å². The number of ether oxygens (including phenoxy) is 3. The summed E-state index contributed by atoms with van der Waals surface area (Å²) >= 11 is 0. The third-order valence-corrected chi connectivity index (χ3v) is 7.13. The molecule has 1 fully saturated rings.